The van der Waals surface area contributed by atoms with E-state index < -0.39 is 45.9 Å². The molecule has 0 aromatic heterocycles. The van der Waals surface area contributed by atoms with E-state index in [4.69, 9.17) is 15.9 Å². The van der Waals surface area contributed by atoms with Gasteiger partial charge < -0.3 is 26.2 Å². The van der Waals surface area contributed by atoms with Crippen molar-refractivity contribution in [1.82, 2.24) is 0 Å². The average Bonchev–Trinajstić information content (AvgIpc) is 2.22. The molecular weight excluding hydrogens is 242 g/mol. The summed E-state index contributed by atoms with van der Waals surface area (Å²) in [5.41, 5.74) is 5.11. The van der Waals surface area contributed by atoms with Crippen molar-refractivity contribution in [2.75, 3.05) is 12.9 Å². The molecule has 0 aromatic rings. The summed E-state index contributed by atoms with van der Waals surface area (Å²) in [4.78, 5) is 11.1. The summed E-state index contributed by atoms with van der Waals surface area (Å²) in [6, 6.07) is -1.88. The Kier molecular flexibility index (Phi) is 5.46. The molecule has 9 heteroatoms. The number of nitrogens with two attached hydrogens (primary N) is 1. The molecule has 0 aliphatic carbocycles. The molecule has 0 heterocycles. The SMILES string of the molecule is CS(=O)(=O)C(=O)[C@H](N)[C@@H](O)[C@@H](O)[C@H](O)CO. The molecule has 8 nitrogen and oxygen atoms in total. The zero-order valence-corrected chi connectivity index (χ0v) is 9.33. The summed E-state index contributed by atoms with van der Waals surface area (Å²) in [7, 11) is -4.09. The van der Waals surface area contributed by atoms with Crippen molar-refractivity contribution >= 4 is 15.0 Å². The number of carbonyl (C=O) groups is 1. The lowest BCUT2D eigenvalue weighted by molar-refractivity contribution is -0.122. The molecule has 0 aliphatic heterocycles. The quantitative estimate of drug-likeness (QED) is 0.333. The van der Waals surface area contributed by atoms with Gasteiger partial charge in [-0.05, 0) is 0 Å². The Morgan fingerprint density at radius 1 is 1.25 bits per heavy atom. The van der Waals surface area contributed by atoms with Crippen LogP contribution in [0.25, 0.3) is 0 Å². The normalized spacial score (nSPS) is 19.9. The van der Waals surface area contributed by atoms with Gasteiger partial charge in [0.15, 0.2) is 0 Å². The van der Waals surface area contributed by atoms with E-state index in [1.54, 1.807) is 0 Å². The fourth-order valence-electron chi connectivity index (χ4n) is 0.935. The third-order valence-corrected chi connectivity index (χ3v) is 2.94. The summed E-state index contributed by atoms with van der Waals surface area (Å²) in [6.07, 6.45) is -5.00. The molecule has 0 amide bonds. The van der Waals surface area contributed by atoms with Gasteiger partial charge >= 0.3 is 0 Å². The van der Waals surface area contributed by atoms with Crippen molar-refractivity contribution in [3.8, 4) is 0 Å². The number of aliphatic hydroxyl groups is 4. The maximum atomic E-state index is 11.1. The van der Waals surface area contributed by atoms with E-state index in [-0.39, 0.29) is 0 Å². The van der Waals surface area contributed by atoms with E-state index in [9.17, 15) is 23.4 Å². The lowest BCUT2D eigenvalue weighted by atomic mass is 10.0. The van der Waals surface area contributed by atoms with Gasteiger partial charge in [-0.1, -0.05) is 0 Å². The Labute approximate surface area is 92.2 Å². The highest BCUT2D eigenvalue weighted by atomic mass is 32.2. The highest BCUT2D eigenvalue weighted by molar-refractivity contribution is 8.05. The van der Waals surface area contributed by atoms with Crippen LogP contribution in [-0.4, -0.2) is 71.2 Å². The van der Waals surface area contributed by atoms with Crippen LogP contribution in [0.5, 0.6) is 0 Å². The van der Waals surface area contributed by atoms with Gasteiger partial charge in [0.2, 0.25) is 9.84 Å². The molecule has 0 rings (SSSR count). The molecule has 96 valence electrons. The molecular formula is C7H15NO7S. The zero-order chi connectivity index (χ0) is 13.1. The van der Waals surface area contributed by atoms with E-state index in [1.165, 1.54) is 0 Å². The minimum atomic E-state index is -4.09. The Balaban J connectivity index is 4.75. The van der Waals surface area contributed by atoms with Crippen molar-refractivity contribution < 1.29 is 33.6 Å². The van der Waals surface area contributed by atoms with Gasteiger partial charge in [-0.15, -0.1) is 0 Å². The summed E-state index contributed by atoms with van der Waals surface area (Å²) < 4.78 is 21.6. The van der Waals surface area contributed by atoms with Gasteiger partial charge in [-0.25, -0.2) is 8.42 Å². The van der Waals surface area contributed by atoms with Crippen LogP contribution in [0, 0.1) is 0 Å². The molecule has 0 aromatic carbocycles. The van der Waals surface area contributed by atoms with Crippen molar-refractivity contribution in [2.45, 2.75) is 24.4 Å². The Bertz CT molecular complexity index is 341. The Hall–Kier alpha value is -0.580. The number of hydrogen-bond donors (Lipinski definition) is 5. The van der Waals surface area contributed by atoms with E-state index in [1.807, 2.05) is 0 Å². The molecule has 0 aliphatic rings. The molecule has 0 saturated carbocycles. The fraction of sp³-hybridized carbons (Fsp3) is 0.857. The average molecular weight is 257 g/mol. The first-order valence-electron chi connectivity index (χ1n) is 4.27. The molecule has 0 spiro atoms. The minimum Gasteiger partial charge on any atom is -0.394 e. The Morgan fingerprint density at radius 3 is 2.00 bits per heavy atom. The minimum absolute atomic E-state index is 0.608. The van der Waals surface area contributed by atoms with E-state index in [0.717, 1.165) is 0 Å². The van der Waals surface area contributed by atoms with Crippen LogP contribution in [0.1, 0.15) is 0 Å². The molecule has 6 N–H and O–H groups in total. The highest BCUT2D eigenvalue weighted by Crippen LogP contribution is 2.06. The van der Waals surface area contributed by atoms with Gasteiger partial charge in [0.25, 0.3) is 5.12 Å². The van der Waals surface area contributed by atoms with Gasteiger partial charge in [-0.3, -0.25) is 4.79 Å². The molecule has 0 unspecified atom stereocenters. The molecule has 4 atom stereocenters. The summed E-state index contributed by atoms with van der Waals surface area (Å²) in [6.45, 7) is -0.863. The summed E-state index contributed by atoms with van der Waals surface area (Å²) >= 11 is 0. The molecule has 16 heavy (non-hydrogen) atoms. The molecule has 0 radical (unpaired) electrons. The van der Waals surface area contributed by atoms with Crippen LogP contribution in [0.15, 0.2) is 0 Å². The van der Waals surface area contributed by atoms with Crippen LogP contribution in [0.3, 0.4) is 0 Å². The highest BCUT2D eigenvalue weighted by Gasteiger charge is 2.36. The van der Waals surface area contributed by atoms with Crippen LogP contribution >= 0.6 is 0 Å². The van der Waals surface area contributed by atoms with Crippen LogP contribution in [0.4, 0.5) is 0 Å². The number of carbonyl (C=O) groups excluding carboxylic acids is 1. The number of sulfone groups is 1. The number of rotatable bonds is 5. The van der Waals surface area contributed by atoms with Crippen molar-refractivity contribution in [2.24, 2.45) is 5.73 Å². The van der Waals surface area contributed by atoms with Crippen LogP contribution < -0.4 is 5.73 Å². The second-order valence-corrected chi connectivity index (χ2v) is 5.29. The van der Waals surface area contributed by atoms with Gasteiger partial charge in [0.05, 0.1) is 6.61 Å². The molecule has 0 bridgehead atoms. The van der Waals surface area contributed by atoms with E-state index in [0.29, 0.717) is 6.26 Å². The van der Waals surface area contributed by atoms with Crippen molar-refractivity contribution in [3.63, 3.8) is 0 Å². The standard InChI is InChI=1S/C7H15NO7S/c1-16(14,15)7(13)4(8)6(12)5(11)3(10)2-9/h3-6,9-12H,2,8H2,1H3/t3-,4-,5+,6-/m1/s1. The first-order chi connectivity index (χ1) is 7.12. The topological polar surface area (TPSA) is 158 Å². The smallest absolute Gasteiger partial charge is 0.265 e. The first-order valence-corrected chi connectivity index (χ1v) is 6.16. The second-order valence-electron chi connectivity index (χ2n) is 3.35. The van der Waals surface area contributed by atoms with E-state index in [2.05, 4.69) is 0 Å². The summed E-state index contributed by atoms with van der Waals surface area (Å²) in [5.74, 6) is 0. The van der Waals surface area contributed by atoms with Gasteiger partial charge in [0.1, 0.15) is 24.4 Å². The van der Waals surface area contributed by atoms with Crippen LogP contribution in [0.2, 0.25) is 0 Å². The van der Waals surface area contributed by atoms with Crippen molar-refractivity contribution in [3.05, 3.63) is 0 Å². The fourth-order valence-corrected chi connectivity index (χ4v) is 1.57. The maximum absolute atomic E-state index is 11.1. The second kappa shape index (κ2) is 5.66. The zero-order valence-electron chi connectivity index (χ0n) is 8.52. The van der Waals surface area contributed by atoms with E-state index >= 15 is 0 Å². The number of aliphatic hydroxyl groups excluding tert-OH is 4. The first kappa shape index (κ1) is 15.4. The molecule has 0 saturated heterocycles. The van der Waals surface area contributed by atoms with Gasteiger partial charge in [-0.2, -0.15) is 0 Å². The lowest BCUT2D eigenvalue weighted by Gasteiger charge is -2.24. The van der Waals surface area contributed by atoms with Crippen LogP contribution in [-0.2, 0) is 14.6 Å². The van der Waals surface area contributed by atoms with Crippen molar-refractivity contribution in [1.29, 1.82) is 0 Å². The van der Waals surface area contributed by atoms with Gasteiger partial charge in [0, 0.05) is 6.26 Å². The third-order valence-electron chi connectivity index (χ3n) is 1.94. The molecule has 0 fully saturated rings. The largest absolute Gasteiger partial charge is 0.394 e. The monoisotopic (exact) mass is 257 g/mol. The lowest BCUT2D eigenvalue weighted by Crippen LogP contribution is -2.54. The Morgan fingerprint density at radius 2 is 1.69 bits per heavy atom. The predicted molar refractivity (Wildman–Crippen MR) is 52.9 cm³/mol. The summed E-state index contributed by atoms with van der Waals surface area (Å²) in [5, 5.41) is 34.4. The predicted octanol–water partition coefficient (Wildman–Crippen LogP) is -4.04. The maximum Gasteiger partial charge on any atom is 0.265 e. The number of hydrogen-bond acceptors (Lipinski definition) is 8. The third kappa shape index (κ3) is 3.77.